The fourth-order valence-corrected chi connectivity index (χ4v) is 3.01. The Hall–Kier alpha value is -2.63. The molecule has 4 rings (SSSR count). The summed E-state index contributed by atoms with van der Waals surface area (Å²) in [7, 11) is 1.68. The molecule has 0 atom stereocenters. The van der Waals surface area contributed by atoms with Crippen LogP contribution in [0.2, 0.25) is 0 Å². The zero-order valence-corrected chi connectivity index (χ0v) is 15.0. The molecule has 1 aliphatic carbocycles. The van der Waals surface area contributed by atoms with Crippen molar-refractivity contribution in [2.24, 2.45) is 0 Å². The van der Waals surface area contributed by atoms with Crippen LogP contribution in [0.15, 0.2) is 22.9 Å². The van der Waals surface area contributed by atoms with Crippen LogP contribution in [0.4, 0.5) is 0 Å². The van der Waals surface area contributed by atoms with E-state index in [2.05, 4.69) is 17.0 Å². The SMILES string of the molecule is COc1ccc(-c2nc(Cn3cnc(C4CC4)n3)c(C)o2)c(C)c1C. The Morgan fingerprint density at radius 2 is 2.00 bits per heavy atom. The zero-order chi connectivity index (χ0) is 17.6. The fourth-order valence-electron chi connectivity index (χ4n) is 3.01. The Labute approximate surface area is 146 Å². The van der Waals surface area contributed by atoms with Crippen molar-refractivity contribution in [1.82, 2.24) is 19.7 Å². The Balaban J connectivity index is 1.62. The first-order chi connectivity index (χ1) is 12.1. The quantitative estimate of drug-likeness (QED) is 0.708. The van der Waals surface area contributed by atoms with Crippen LogP contribution in [0, 0.1) is 20.8 Å². The van der Waals surface area contributed by atoms with Gasteiger partial charge in [-0.2, -0.15) is 5.10 Å². The molecule has 6 heteroatoms. The molecule has 2 heterocycles. The van der Waals surface area contributed by atoms with Crippen LogP contribution in [0.3, 0.4) is 0 Å². The maximum atomic E-state index is 5.94. The summed E-state index contributed by atoms with van der Waals surface area (Å²) in [6.45, 7) is 6.62. The van der Waals surface area contributed by atoms with E-state index in [1.165, 1.54) is 12.8 Å². The molecular weight excluding hydrogens is 316 g/mol. The third-order valence-corrected chi connectivity index (χ3v) is 4.89. The molecule has 1 fully saturated rings. The highest BCUT2D eigenvalue weighted by Gasteiger charge is 2.27. The van der Waals surface area contributed by atoms with Crippen molar-refractivity contribution in [2.75, 3.05) is 7.11 Å². The maximum Gasteiger partial charge on any atom is 0.226 e. The highest BCUT2D eigenvalue weighted by atomic mass is 16.5. The molecule has 0 saturated heterocycles. The molecule has 130 valence electrons. The predicted molar refractivity (Wildman–Crippen MR) is 93.8 cm³/mol. The third kappa shape index (κ3) is 2.92. The fraction of sp³-hybridized carbons (Fsp3) is 0.421. The van der Waals surface area contributed by atoms with Gasteiger partial charge < -0.3 is 9.15 Å². The van der Waals surface area contributed by atoms with Crippen LogP contribution in [-0.2, 0) is 6.54 Å². The second kappa shape index (κ2) is 6.02. The number of hydrogen-bond acceptors (Lipinski definition) is 5. The molecule has 0 spiro atoms. The highest BCUT2D eigenvalue weighted by molar-refractivity contribution is 5.63. The topological polar surface area (TPSA) is 66.0 Å². The minimum Gasteiger partial charge on any atom is -0.496 e. The van der Waals surface area contributed by atoms with E-state index in [9.17, 15) is 0 Å². The minimum atomic E-state index is 0.556. The van der Waals surface area contributed by atoms with Crippen molar-refractivity contribution in [3.05, 3.63) is 46.9 Å². The molecule has 0 amide bonds. The average molecular weight is 338 g/mol. The Morgan fingerprint density at radius 1 is 1.20 bits per heavy atom. The lowest BCUT2D eigenvalue weighted by Gasteiger charge is -2.10. The number of methoxy groups -OCH3 is 1. The number of aryl methyl sites for hydroxylation is 1. The number of rotatable bonds is 5. The van der Waals surface area contributed by atoms with E-state index < -0.39 is 0 Å². The van der Waals surface area contributed by atoms with Gasteiger partial charge in [-0.1, -0.05) is 0 Å². The van der Waals surface area contributed by atoms with E-state index in [1.54, 1.807) is 13.4 Å². The molecule has 6 nitrogen and oxygen atoms in total. The van der Waals surface area contributed by atoms with Crippen LogP contribution in [0.25, 0.3) is 11.5 Å². The van der Waals surface area contributed by atoms with Gasteiger partial charge >= 0.3 is 0 Å². The summed E-state index contributed by atoms with van der Waals surface area (Å²) in [4.78, 5) is 9.10. The number of benzene rings is 1. The summed E-state index contributed by atoms with van der Waals surface area (Å²) in [5.74, 6) is 3.83. The molecule has 0 aliphatic heterocycles. The number of ether oxygens (including phenoxy) is 1. The molecule has 0 radical (unpaired) electrons. The van der Waals surface area contributed by atoms with Gasteiger partial charge in [-0.15, -0.1) is 0 Å². The third-order valence-electron chi connectivity index (χ3n) is 4.89. The highest BCUT2D eigenvalue weighted by Crippen LogP contribution is 2.37. The van der Waals surface area contributed by atoms with Crippen LogP contribution in [0.5, 0.6) is 5.75 Å². The lowest BCUT2D eigenvalue weighted by molar-refractivity contribution is 0.411. The van der Waals surface area contributed by atoms with Crippen LogP contribution >= 0.6 is 0 Å². The molecule has 1 saturated carbocycles. The van der Waals surface area contributed by atoms with E-state index in [-0.39, 0.29) is 0 Å². The van der Waals surface area contributed by atoms with Crippen molar-refractivity contribution < 1.29 is 9.15 Å². The van der Waals surface area contributed by atoms with Crippen LogP contribution in [0.1, 0.15) is 47.2 Å². The van der Waals surface area contributed by atoms with E-state index >= 15 is 0 Å². The van der Waals surface area contributed by atoms with Crippen LogP contribution in [-0.4, -0.2) is 26.9 Å². The number of oxazole rings is 1. The Kier molecular flexibility index (Phi) is 3.82. The summed E-state index contributed by atoms with van der Waals surface area (Å²) in [5.41, 5.74) is 4.09. The molecule has 2 aromatic heterocycles. The molecule has 0 N–H and O–H groups in total. The van der Waals surface area contributed by atoms with Crippen molar-refractivity contribution in [1.29, 1.82) is 0 Å². The normalized spacial score (nSPS) is 14.1. The summed E-state index contributed by atoms with van der Waals surface area (Å²) in [6.07, 6.45) is 4.19. The molecule has 0 unspecified atom stereocenters. The predicted octanol–water partition coefficient (Wildman–Crippen LogP) is 3.79. The van der Waals surface area contributed by atoms with Gasteiger partial charge in [0, 0.05) is 11.5 Å². The molecule has 0 bridgehead atoms. The summed E-state index contributed by atoms with van der Waals surface area (Å²) in [5, 5.41) is 4.55. The summed E-state index contributed by atoms with van der Waals surface area (Å²) in [6, 6.07) is 3.95. The molecular formula is C19H22N4O2. The van der Waals surface area contributed by atoms with E-state index in [4.69, 9.17) is 14.1 Å². The van der Waals surface area contributed by atoms with Gasteiger partial charge in [0.2, 0.25) is 5.89 Å². The standard InChI is InChI=1S/C19H22N4O2/c1-11-12(2)17(24-4)8-7-15(11)19-21-16(13(3)25-19)9-23-10-20-18(22-23)14-5-6-14/h7-8,10,14H,5-6,9H2,1-4H3. The zero-order valence-electron chi connectivity index (χ0n) is 15.0. The number of hydrogen-bond donors (Lipinski definition) is 0. The van der Waals surface area contributed by atoms with Crippen molar-refractivity contribution in [2.45, 2.75) is 46.1 Å². The van der Waals surface area contributed by atoms with Gasteiger partial charge in [-0.05, 0) is 56.9 Å². The summed E-state index contributed by atoms with van der Waals surface area (Å²) < 4.78 is 13.2. The maximum absolute atomic E-state index is 5.94. The second-order valence-corrected chi connectivity index (χ2v) is 6.66. The molecule has 3 aromatic rings. The van der Waals surface area contributed by atoms with Gasteiger partial charge in [0.05, 0.1) is 13.7 Å². The minimum absolute atomic E-state index is 0.556. The Morgan fingerprint density at radius 3 is 2.72 bits per heavy atom. The molecule has 1 aromatic carbocycles. The van der Waals surface area contributed by atoms with Crippen molar-refractivity contribution >= 4 is 0 Å². The lowest BCUT2D eigenvalue weighted by Crippen LogP contribution is -2.02. The molecule has 1 aliphatic rings. The largest absolute Gasteiger partial charge is 0.496 e. The first-order valence-electron chi connectivity index (χ1n) is 8.57. The van der Waals surface area contributed by atoms with E-state index in [1.807, 2.05) is 30.7 Å². The van der Waals surface area contributed by atoms with Gasteiger partial charge in [0.1, 0.15) is 23.5 Å². The van der Waals surface area contributed by atoms with Gasteiger partial charge in [-0.25, -0.2) is 14.6 Å². The lowest BCUT2D eigenvalue weighted by atomic mass is 10.0. The van der Waals surface area contributed by atoms with Gasteiger partial charge in [-0.3, -0.25) is 0 Å². The number of nitrogens with zero attached hydrogens (tertiary/aromatic N) is 4. The first kappa shape index (κ1) is 15.9. The second-order valence-electron chi connectivity index (χ2n) is 6.66. The Bertz CT molecular complexity index is 922. The van der Waals surface area contributed by atoms with E-state index in [0.29, 0.717) is 18.4 Å². The average Bonchev–Trinajstić information content (AvgIpc) is 3.25. The van der Waals surface area contributed by atoms with Gasteiger partial charge in [0.15, 0.2) is 5.82 Å². The first-order valence-corrected chi connectivity index (χ1v) is 8.57. The van der Waals surface area contributed by atoms with Crippen LogP contribution < -0.4 is 4.74 Å². The van der Waals surface area contributed by atoms with E-state index in [0.717, 1.165) is 39.7 Å². The summed E-state index contributed by atoms with van der Waals surface area (Å²) >= 11 is 0. The smallest absolute Gasteiger partial charge is 0.226 e. The van der Waals surface area contributed by atoms with Crippen molar-refractivity contribution in [3.63, 3.8) is 0 Å². The van der Waals surface area contributed by atoms with Gasteiger partial charge in [0.25, 0.3) is 0 Å². The monoisotopic (exact) mass is 338 g/mol. The molecule has 25 heavy (non-hydrogen) atoms. The number of aromatic nitrogens is 4. The van der Waals surface area contributed by atoms with Crippen molar-refractivity contribution in [3.8, 4) is 17.2 Å².